The summed E-state index contributed by atoms with van der Waals surface area (Å²) >= 11 is 0. The summed E-state index contributed by atoms with van der Waals surface area (Å²) in [6.07, 6.45) is -0.0440. The van der Waals surface area contributed by atoms with E-state index in [-0.39, 0.29) is 11.9 Å². The number of hydrogen-bond acceptors (Lipinski definition) is 4. The monoisotopic (exact) mass is 161 g/mol. The van der Waals surface area contributed by atoms with Crippen LogP contribution in [0.5, 0.6) is 0 Å². The second-order valence-corrected chi connectivity index (χ2v) is 2.61. The van der Waals surface area contributed by atoms with E-state index in [0.29, 0.717) is 0 Å². The number of rotatable bonds is 5. The Morgan fingerprint density at radius 3 is 1.73 bits per heavy atom. The fourth-order valence-electron chi connectivity index (χ4n) is 1.03. The van der Waals surface area contributed by atoms with E-state index in [4.69, 9.17) is 4.74 Å². The first-order chi connectivity index (χ1) is 5.14. The number of likely N-dealkylation sites (N-methyl/N-ethyl adjacent to an activating group) is 3. The third kappa shape index (κ3) is 2.41. The van der Waals surface area contributed by atoms with Crippen LogP contribution < -0.4 is 16.0 Å². The van der Waals surface area contributed by atoms with E-state index >= 15 is 0 Å². The largest absolute Gasteiger partial charge is 0.363 e. The fourth-order valence-corrected chi connectivity index (χ4v) is 1.03. The van der Waals surface area contributed by atoms with Crippen molar-refractivity contribution in [2.45, 2.75) is 18.8 Å². The van der Waals surface area contributed by atoms with Crippen molar-refractivity contribution < 1.29 is 4.74 Å². The first kappa shape index (κ1) is 10.8. The maximum atomic E-state index is 5.21. The van der Waals surface area contributed by atoms with E-state index in [2.05, 4.69) is 16.0 Å². The molecule has 0 aromatic carbocycles. The zero-order valence-electron chi connectivity index (χ0n) is 7.99. The molecule has 0 rings (SSSR count). The van der Waals surface area contributed by atoms with Gasteiger partial charge in [-0.05, 0) is 28.1 Å². The van der Waals surface area contributed by atoms with Crippen LogP contribution in [0.15, 0.2) is 0 Å². The van der Waals surface area contributed by atoms with Crippen molar-refractivity contribution in [1.82, 2.24) is 16.0 Å². The van der Waals surface area contributed by atoms with Gasteiger partial charge in [0.25, 0.3) is 0 Å². The maximum absolute atomic E-state index is 5.21. The molecule has 0 aliphatic carbocycles. The van der Waals surface area contributed by atoms with E-state index < -0.39 is 0 Å². The van der Waals surface area contributed by atoms with E-state index in [1.54, 1.807) is 7.11 Å². The number of methoxy groups -OCH3 is 1. The Hall–Kier alpha value is -0.160. The predicted molar refractivity (Wildman–Crippen MR) is 46.4 cm³/mol. The fraction of sp³-hybridized carbons (Fsp3) is 1.00. The minimum Gasteiger partial charge on any atom is -0.363 e. The van der Waals surface area contributed by atoms with Gasteiger partial charge < -0.3 is 4.74 Å². The Morgan fingerprint density at radius 1 is 1.18 bits per heavy atom. The summed E-state index contributed by atoms with van der Waals surface area (Å²) in [4.78, 5) is 0. The Kier molecular flexibility index (Phi) is 4.60. The lowest BCUT2D eigenvalue weighted by Crippen LogP contribution is -2.64. The Morgan fingerprint density at radius 2 is 1.64 bits per heavy atom. The third-order valence-electron chi connectivity index (χ3n) is 2.06. The van der Waals surface area contributed by atoms with Gasteiger partial charge in [0.05, 0.1) is 0 Å². The first-order valence-electron chi connectivity index (χ1n) is 3.72. The summed E-state index contributed by atoms with van der Waals surface area (Å²) in [5, 5.41) is 9.31. The molecular formula is C7H19N3O. The van der Waals surface area contributed by atoms with Crippen LogP contribution in [0.2, 0.25) is 0 Å². The molecule has 0 aromatic heterocycles. The molecule has 0 aliphatic rings. The molecule has 1 unspecified atom stereocenters. The van der Waals surface area contributed by atoms with Gasteiger partial charge in [0.1, 0.15) is 11.9 Å². The van der Waals surface area contributed by atoms with Crippen molar-refractivity contribution in [3.63, 3.8) is 0 Å². The molecule has 0 fully saturated rings. The zero-order chi connectivity index (χ0) is 8.91. The SMILES string of the molecule is CNC(OC)C(C)(NC)NC. The van der Waals surface area contributed by atoms with Crippen LogP contribution in [-0.4, -0.2) is 40.1 Å². The van der Waals surface area contributed by atoms with Gasteiger partial charge in [0.15, 0.2) is 0 Å². The van der Waals surface area contributed by atoms with Crippen LogP contribution in [0.4, 0.5) is 0 Å². The highest BCUT2D eigenvalue weighted by Crippen LogP contribution is 2.04. The van der Waals surface area contributed by atoms with Crippen molar-refractivity contribution >= 4 is 0 Å². The molecular weight excluding hydrogens is 142 g/mol. The lowest BCUT2D eigenvalue weighted by Gasteiger charge is -2.35. The molecule has 11 heavy (non-hydrogen) atoms. The van der Waals surface area contributed by atoms with Crippen molar-refractivity contribution in [2.75, 3.05) is 28.3 Å². The second kappa shape index (κ2) is 4.66. The summed E-state index contributed by atoms with van der Waals surface area (Å²) in [6, 6.07) is 0. The third-order valence-corrected chi connectivity index (χ3v) is 2.06. The molecule has 4 heteroatoms. The van der Waals surface area contributed by atoms with Crippen molar-refractivity contribution in [3.8, 4) is 0 Å². The van der Waals surface area contributed by atoms with Crippen LogP contribution in [0.1, 0.15) is 6.92 Å². The summed E-state index contributed by atoms with van der Waals surface area (Å²) in [7, 11) is 7.31. The standard InChI is InChI=1S/C7H19N3O/c1-7(9-3,10-4)6(8-2)11-5/h6,8-10H,1-5H3. The van der Waals surface area contributed by atoms with Crippen LogP contribution in [0.3, 0.4) is 0 Å². The van der Waals surface area contributed by atoms with Gasteiger partial charge in [-0.3, -0.25) is 16.0 Å². The summed E-state index contributed by atoms with van der Waals surface area (Å²) < 4.78 is 5.21. The van der Waals surface area contributed by atoms with E-state index in [9.17, 15) is 0 Å². The van der Waals surface area contributed by atoms with Crippen LogP contribution >= 0.6 is 0 Å². The van der Waals surface area contributed by atoms with Gasteiger partial charge in [-0.2, -0.15) is 0 Å². The first-order valence-corrected chi connectivity index (χ1v) is 3.72. The number of nitrogens with one attached hydrogen (secondary N) is 3. The van der Waals surface area contributed by atoms with Crippen molar-refractivity contribution in [3.05, 3.63) is 0 Å². The molecule has 0 bridgehead atoms. The molecule has 0 aliphatic heterocycles. The molecule has 0 amide bonds. The van der Waals surface area contributed by atoms with E-state index in [0.717, 1.165) is 0 Å². The molecule has 0 saturated carbocycles. The van der Waals surface area contributed by atoms with Crippen molar-refractivity contribution in [2.24, 2.45) is 0 Å². The van der Waals surface area contributed by atoms with Crippen LogP contribution in [0.25, 0.3) is 0 Å². The molecule has 1 atom stereocenters. The number of hydrogen-bond donors (Lipinski definition) is 3. The van der Waals surface area contributed by atoms with Gasteiger partial charge in [0, 0.05) is 7.11 Å². The minimum absolute atomic E-state index is 0.0440. The zero-order valence-corrected chi connectivity index (χ0v) is 7.99. The quantitative estimate of drug-likeness (QED) is 0.468. The highest BCUT2D eigenvalue weighted by molar-refractivity contribution is 4.83. The van der Waals surface area contributed by atoms with Gasteiger partial charge in [0.2, 0.25) is 0 Å². The van der Waals surface area contributed by atoms with Crippen LogP contribution in [-0.2, 0) is 4.74 Å². The van der Waals surface area contributed by atoms with E-state index in [1.165, 1.54) is 0 Å². The molecule has 4 nitrogen and oxygen atoms in total. The Bertz CT molecular complexity index is 99.9. The van der Waals surface area contributed by atoms with Gasteiger partial charge in [-0.25, -0.2) is 0 Å². The molecule has 0 saturated heterocycles. The minimum atomic E-state index is -0.233. The van der Waals surface area contributed by atoms with E-state index in [1.807, 2.05) is 28.1 Å². The maximum Gasteiger partial charge on any atom is 0.138 e. The highest BCUT2D eigenvalue weighted by Gasteiger charge is 2.29. The number of ether oxygens (including phenoxy) is 1. The second-order valence-electron chi connectivity index (χ2n) is 2.61. The molecule has 0 spiro atoms. The molecule has 0 radical (unpaired) electrons. The lowest BCUT2D eigenvalue weighted by molar-refractivity contribution is -0.00377. The van der Waals surface area contributed by atoms with Gasteiger partial charge in [-0.15, -0.1) is 0 Å². The highest BCUT2D eigenvalue weighted by atomic mass is 16.5. The average Bonchev–Trinajstić information content (AvgIpc) is 2.06. The van der Waals surface area contributed by atoms with Gasteiger partial charge in [-0.1, -0.05) is 0 Å². The Balaban J connectivity index is 4.19. The summed E-state index contributed by atoms with van der Waals surface area (Å²) in [5.41, 5.74) is -0.233. The average molecular weight is 161 g/mol. The van der Waals surface area contributed by atoms with Crippen LogP contribution in [0, 0.1) is 0 Å². The topological polar surface area (TPSA) is 45.3 Å². The Labute approximate surface area is 68.7 Å². The summed E-state index contributed by atoms with van der Waals surface area (Å²) in [6.45, 7) is 2.03. The summed E-state index contributed by atoms with van der Waals surface area (Å²) in [5.74, 6) is 0. The molecule has 0 heterocycles. The van der Waals surface area contributed by atoms with Gasteiger partial charge >= 0.3 is 0 Å². The van der Waals surface area contributed by atoms with Crippen molar-refractivity contribution in [1.29, 1.82) is 0 Å². The molecule has 68 valence electrons. The molecule has 0 aromatic rings. The smallest absolute Gasteiger partial charge is 0.138 e. The predicted octanol–water partition coefficient (Wildman–Crippen LogP) is -0.667. The lowest BCUT2D eigenvalue weighted by atomic mass is 10.1. The molecule has 3 N–H and O–H groups in total. The normalized spacial score (nSPS) is 15.0.